The predicted octanol–water partition coefficient (Wildman–Crippen LogP) is 3.14. The molecule has 0 radical (unpaired) electrons. The molecule has 1 aliphatic heterocycles. The summed E-state index contributed by atoms with van der Waals surface area (Å²) in [5.74, 6) is -0.427. The van der Waals surface area contributed by atoms with Gasteiger partial charge in [-0.2, -0.15) is 5.26 Å². The number of likely N-dealkylation sites (tertiary alicyclic amines) is 1. The van der Waals surface area contributed by atoms with E-state index < -0.39 is 17.7 Å². The molecule has 1 aromatic rings. The van der Waals surface area contributed by atoms with Gasteiger partial charge in [-0.05, 0) is 39.3 Å². The smallest absolute Gasteiger partial charge is 0.410 e. The second-order valence-electron chi connectivity index (χ2n) is 6.76. The lowest BCUT2D eigenvalue weighted by atomic mass is 9.92. The third-order valence-electron chi connectivity index (χ3n) is 3.68. The molecule has 0 spiro atoms. The Balaban J connectivity index is 1.95. The average Bonchev–Trinajstić information content (AvgIpc) is 2.48. The summed E-state index contributed by atoms with van der Waals surface area (Å²) in [5, 5.41) is 8.87. The monoisotopic (exact) mass is 330 g/mol. The highest BCUT2D eigenvalue weighted by molar-refractivity contribution is 5.89. The first-order valence-electron chi connectivity index (χ1n) is 7.92. The average molecular weight is 330 g/mol. The minimum Gasteiger partial charge on any atom is -0.460 e. The van der Waals surface area contributed by atoms with Crippen LogP contribution >= 0.6 is 0 Å². The molecule has 1 amide bonds. The molecule has 1 aromatic carbocycles. The number of rotatable bonds is 4. The molecular formula is C18H22N2O4. The Bertz CT molecular complexity index is 631. The molecule has 0 unspecified atom stereocenters. The topological polar surface area (TPSA) is 79.6 Å². The van der Waals surface area contributed by atoms with Crippen LogP contribution in [-0.2, 0) is 9.47 Å². The fourth-order valence-corrected chi connectivity index (χ4v) is 2.58. The lowest BCUT2D eigenvalue weighted by molar-refractivity contribution is -0.0488. The molecular weight excluding hydrogens is 308 g/mol. The fraction of sp³-hybridized carbons (Fsp3) is 0.500. The largest absolute Gasteiger partial charge is 0.460 e. The Morgan fingerprint density at radius 2 is 1.92 bits per heavy atom. The highest BCUT2D eigenvalue weighted by Gasteiger charge is 2.44. The molecule has 2 rings (SSSR count). The standard InChI is InChI=1S/C18H22N2O4/c1-18(2,3)24-17(22)20-14(9-10-19)11-15(20)12-23-16(21)13-7-5-4-6-8-13/h4-8,14-15H,9,11-12H2,1-3H3/t14-,15+/m1/s1. The van der Waals surface area contributed by atoms with Gasteiger partial charge in [0.25, 0.3) is 0 Å². The zero-order valence-electron chi connectivity index (χ0n) is 14.2. The molecule has 0 aromatic heterocycles. The molecule has 6 nitrogen and oxygen atoms in total. The van der Waals surface area contributed by atoms with Crippen LogP contribution in [0, 0.1) is 11.3 Å². The van der Waals surface area contributed by atoms with Crippen LogP contribution in [0.4, 0.5) is 4.79 Å². The number of hydrogen-bond acceptors (Lipinski definition) is 5. The minimum atomic E-state index is -0.616. The maximum atomic E-state index is 12.3. The van der Waals surface area contributed by atoms with Crippen molar-refractivity contribution in [2.45, 2.75) is 51.3 Å². The summed E-state index contributed by atoms with van der Waals surface area (Å²) >= 11 is 0. The molecule has 1 saturated heterocycles. The van der Waals surface area contributed by atoms with Gasteiger partial charge in [-0.3, -0.25) is 4.90 Å². The molecule has 0 aliphatic carbocycles. The summed E-state index contributed by atoms with van der Waals surface area (Å²) in [7, 11) is 0. The van der Waals surface area contributed by atoms with Crippen molar-refractivity contribution in [3.8, 4) is 6.07 Å². The quantitative estimate of drug-likeness (QED) is 0.792. The summed E-state index contributed by atoms with van der Waals surface area (Å²) in [4.78, 5) is 25.8. The Hall–Kier alpha value is -2.55. The van der Waals surface area contributed by atoms with E-state index in [1.54, 1.807) is 45.0 Å². The van der Waals surface area contributed by atoms with Crippen molar-refractivity contribution in [1.82, 2.24) is 4.90 Å². The van der Waals surface area contributed by atoms with Crippen LogP contribution in [0.3, 0.4) is 0 Å². The Morgan fingerprint density at radius 1 is 1.25 bits per heavy atom. The van der Waals surface area contributed by atoms with Crippen molar-refractivity contribution < 1.29 is 19.1 Å². The van der Waals surface area contributed by atoms with E-state index in [-0.39, 0.29) is 25.1 Å². The Morgan fingerprint density at radius 3 is 2.50 bits per heavy atom. The molecule has 1 aliphatic rings. The summed E-state index contributed by atoms with van der Waals surface area (Å²) in [5.41, 5.74) is -0.149. The van der Waals surface area contributed by atoms with Crippen molar-refractivity contribution in [3.63, 3.8) is 0 Å². The van der Waals surface area contributed by atoms with Crippen molar-refractivity contribution in [2.75, 3.05) is 6.61 Å². The zero-order valence-corrected chi connectivity index (χ0v) is 14.2. The van der Waals surface area contributed by atoms with Gasteiger partial charge in [-0.1, -0.05) is 18.2 Å². The number of amides is 1. The first-order chi connectivity index (χ1) is 11.3. The minimum absolute atomic E-state index is 0.0922. The molecule has 0 bridgehead atoms. The molecule has 128 valence electrons. The first-order valence-corrected chi connectivity index (χ1v) is 7.92. The number of esters is 1. The highest BCUT2D eigenvalue weighted by atomic mass is 16.6. The Kier molecular flexibility index (Phi) is 5.45. The van der Waals surface area contributed by atoms with Crippen LogP contribution in [0.1, 0.15) is 44.0 Å². The van der Waals surface area contributed by atoms with E-state index in [0.717, 1.165) is 0 Å². The molecule has 0 saturated carbocycles. The summed E-state index contributed by atoms with van der Waals surface area (Å²) in [6.45, 7) is 5.45. The third kappa shape index (κ3) is 4.48. The van der Waals surface area contributed by atoms with Gasteiger partial charge in [0.05, 0.1) is 30.1 Å². The van der Waals surface area contributed by atoms with Gasteiger partial charge in [0, 0.05) is 0 Å². The van der Waals surface area contributed by atoms with Crippen LogP contribution in [0.15, 0.2) is 30.3 Å². The summed E-state index contributed by atoms with van der Waals surface area (Å²) in [6, 6.07) is 10.3. The number of ether oxygens (including phenoxy) is 2. The van der Waals surface area contributed by atoms with Crippen molar-refractivity contribution in [2.24, 2.45) is 0 Å². The van der Waals surface area contributed by atoms with E-state index in [1.165, 1.54) is 4.90 Å². The van der Waals surface area contributed by atoms with Crippen LogP contribution in [-0.4, -0.2) is 41.3 Å². The van der Waals surface area contributed by atoms with Crippen LogP contribution in [0.25, 0.3) is 0 Å². The summed E-state index contributed by atoms with van der Waals surface area (Å²) < 4.78 is 10.7. The van der Waals surface area contributed by atoms with Gasteiger partial charge in [0.15, 0.2) is 0 Å². The van der Waals surface area contributed by atoms with Gasteiger partial charge in [-0.25, -0.2) is 9.59 Å². The normalized spacial score (nSPS) is 19.8. The van der Waals surface area contributed by atoms with Crippen LogP contribution < -0.4 is 0 Å². The van der Waals surface area contributed by atoms with E-state index in [9.17, 15) is 9.59 Å². The van der Waals surface area contributed by atoms with E-state index in [4.69, 9.17) is 14.7 Å². The molecule has 6 heteroatoms. The Labute approximate surface area is 142 Å². The molecule has 2 atom stereocenters. The molecule has 0 N–H and O–H groups in total. The number of benzene rings is 1. The highest BCUT2D eigenvalue weighted by Crippen LogP contribution is 2.30. The van der Waals surface area contributed by atoms with Crippen molar-refractivity contribution in [1.29, 1.82) is 5.26 Å². The van der Waals surface area contributed by atoms with Gasteiger partial charge >= 0.3 is 12.1 Å². The van der Waals surface area contributed by atoms with E-state index in [0.29, 0.717) is 12.0 Å². The van der Waals surface area contributed by atoms with E-state index in [2.05, 4.69) is 6.07 Å². The maximum absolute atomic E-state index is 12.3. The lowest BCUT2D eigenvalue weighted by Gasteiger charge is -2.47. The molecule has 1 heterocycles. The molecule has 24 heavy (non-hydrogen) atoms. The number of nitrogens with zero attached hydrogens (tertiary/aromatic N) is 2. The number of carbonyl (C=O) groups is 2. The van der Waals surface area contributed by atoms with E-state index >= 15 is 0 Å². The van der Waals surface area contributed by atoms with Crippen molar-refractivity contribution in [3.05, 3.63) is 35.9 Å². The maximum Gasteiger partial charge on any atom is 0.410 e. The summed E-state index contributed by atoms with van der Waals surface area (Å²) in [6.07, 6.45) is 0.381. The zero-order chi connectivity index (χ0) is 17.7. The van der Waals surface area contributed by atoms with Gasteiger partial charge in [-0.15, -0.1) is 0 Å². The number of carbonyl (C=O) groups excluding carboxylic acids is 2. The van der Waals surface area contributed by atoms with Crippen LogP contribution in [0.5, 0.6) is 0 Å². The van der Waals surface area contributed by atoms with Gasteiger partial charge in [0.2, 0.25) is 0 Å². The van der Waals surface area contributed by atoms with E-state index in [1.807, 2.05) is 6.07 Å². The second-order valence-corrected chi connectivity index (χ2v) is 6.76. The first kappa shape index (κ1) is 17.8. The predicted molar refractivity (Wildman–Crippen MR) is 87.2 cm³/mol. The number of hydrogen-bond donors (Lipinski definition) is 0. The fourth-order valence-electron chi connectivity index (χ4n) is 2.58. The number of nitriles is 1. The third-order valence-corrected chi connectivity index (χ3v) is 3.68. The van der Waals surface area contributed by atoms with Gasteiger partial charge in [0.1, 0.15) is 12.2 Å². The SMILES string of the molecule is CC(C)(C)OC(=O)N1[C@H](CC#N)C[C@H]1COC(=O)c1ccccc1. The van der Waals surface area contributed by atoms with Crippen molar-refractivity contribution >= 4 is 12.1 Å². The van der Waals surface area contributed by atoms with Crippen LogP contribution in [0.2, 0.25) is 0 Å². The van der Waals surface area contributed by atoms with Gasteiger partial charge < -0.3 is 9.47 Å². The lowest BCUT2D eigenvalue weighted by Crippen LogP contribution is -2.61. The second kappa shape index (κ2) is 7.35. The molecule has 1 fully saturated rings.